The van der Waals surface area contributed by atoms with E-state index in [9.17, 15) is 9.18 Å². The van der Waals surface area contributed by atoms with Gasteiger partial charge in [-0.05, 0) is 37.0 Å². The SMILES string of the molecule is O=C1CCCCc2cc(Cl)c(F)cc21. The average molecular weight is 213 g/mol. The molecule has 0 amide bonds. The molecule has 0 heterocycles. The normalized spacial score (nSPS) is 16.3. The first-order valence-electron chi connectivity index (χ1n) is 4.69. The molecule has 1 nitrogen and oxygen atoms in total. The minimum absolute atomic E-state index is 0.0352. The summed E-state index contributed by atoms with van der Waals surface area (Å²) in [4.78, 5) is 11.6. The fourth-order valence-corrected chi connectivity index (χ4v) is 1.98. The molecule has 0 bridgehead atoms. The van der Waals surface area contributed by atoms with Crippen molar-refractivity contribution in [2.75, 3.05) is 0 Å². The summed E-state index contributed by atoms with van der Waals surface area (Å²) >= 11 is 5.66. The highest BCUT2D eigenvalue weighted by atomic mass is 35.5. The molecule has 0 saturated heterocycles. The van der Waals surface area contributed by atoms with Crippen molar-refractivity contribution < 1.29 is 9.18 Å². The van der Waals surface area contributed by atoms with Crippen molar-refractivity contribution in [3.05, 3.63) is 34.1 Å². The molecular weight excluding hydrogens is 203 g/mol. The number of Topliss-reactive ketones (excluding diaryl/α,β-unsaturated/α-hetero) is 1. The van der Waals surface area contributed by atoms with E-state index in [-0.39, 0.29) is 10.8 Å². The Balaban J connectivity index is 2.54. The summed E-state index contributed by atoms with van der Waals surface area (Å²) in [6.45, 7) is 0. The van der Waals surface area contributed by atoms with Gasteiger partial charge in [0.2, 0.25) is 0 Å². The molecule has 3 heteroatoms. The lowest BCUT2D eigenvalue weighted by Crippen LogP contribution is -2.01. The minimum atomic E-state index is -0.499. The van der Waals surface area contributed by atoms with Crippen molar-refractivity contribution in [2.24, 2.45) is 0 Å². The van der Waals surface area contributed by atoms with E-state index < -0.39 is 5.82 Å². The number of fused-ring (bicyclic) bond motifs is 1. The highest BCUT2D eigenvalue weighted by molar-refractivity contribution is 6.31. The maximum absolute atomic E-state index is 13.1. The number of carbonyl (C=O) groups is 1. The fourth-order valence-electron chi connectivity index (χ4n) is 1.79. The first kappa shape index (κ1) is 9.66. The number of benzene rings is 1. The van der Waals surface area contributed by atoms with E-state index in [1.54, 1.807) is 6.07 Å². The summed E-state index contributed by atoms with van der Waals surface area (Å²) in [6, 6.07) is 2.85. The highest BCUT2D eigenvalue weighted by Crippen LogP contribution is 2.25. The Hall–Kier alpha value is -0.890. The molecule has 0 N–H and O–H groups in total. The van der Waals surface area contributed by atoms with Crippen LogP contribution in [0.2, 0.25) is 5.02 Å². The first-order chi connectivity index (χ1) is 6.68. The summed E-state index contributed by atoms with van der Waals surface area (Å²) in [5.74, 6) is -0.464. The zero-order valence-corrected chi connectivity index (χ0v) is 8.40. The van der Waals surface area contributed by atoms with Crippen LogP contribution in [-0.4, -0.2) is 5.78 Å². The van der Waals surface area contributed by atoms with Crippen LogP contribution < -0.4 is 0 Å². The van der Waals surface area contributed by atoms with Crippen LogP contribution in [0.15, 0.2) is 12.1 Å². The zero-order chi connectivity index (χ0) is 10.1. The molecule has 0 aliphatic heterocycles. The van der Waals surface area contributed by atoms with E-state index in [4.69, 9.17) is 11.6 Å². The van der Waals surface area contributed by atoms with Crippen LogP contribution in [0.4, 0.5) is 4.39 Å². The lowest BCUT2D eigenvalue weighted by atomic mass is 10.0. The summed E-state index contributed by atoms with van der Waals surface area (Å²) < 4.78 is 13.1. The van der Waals surface area contributed by atoms with Gasteiger partial charge in [0.15, 0.2) is 5.78 Å². The molecule has 1 aliphatic carbocycles. The van der Waals surface area contributed by atoms with Gasteiger partial charge in [-0.15, -0.1) is 0 Å². The average Bonchev–Trinajstić information content (AvgIpc) is 2.31. The fraction of sp³-hybridized carbons (Fsp3) is 0.364. The van der Waals surface area contributed by atoms with Crippen LogP contribution >= 0.6 is 11.6 Å². The Labute approximate surface area is 86.9 Å². The van der Waals surface area contributed by atoms with Crippen molar-refractivity contribution in [3.63, 3.8) is 0 Å². The lowest BCUT2D eigenvalue weighted by Gasteiger charge is -2.05. The number of rotatable bonds is 0. The van der Waals surface area contributed by atoms with Crippen molar-refractivity contribution >= 4 is 17.4 Å². The predicted molar refractivity (Wildman–Crippen MR) is 53.3 cm³/mol. The second kappa shape index (κ2) is 3.70. The van der Waals surface area contributed by atoms with Gasteiger partial charge in [0.1, 0.15) is 5.82 Å². The van der Waals surface area contributed by atoms with Gasteiger partial charge >= 0.3 is 0 Å². The first-order valence-corrected chi connectivity index (χ1v) is 5.07. The van der Waals surface area contributed by atoms with Gasteiger partial charge in [-0.25, -0.2) is 4.39 Å². The molecule has 0 saturated carbocycles. The summed E-state index contributed by atoms with van der Waals surface area (Å²) in [5, 5.41) is 0.110. The lowest BCUT2D eigenvalue weighted by molar-refractivity contribution is 0.0981. The van der Waals surface area contributed by atoms with Gasteiger partial charge in [-0.3, -0.25) is 4.79 Å². The molecular formula is C11H10ClFO. The molecule has 1 aromatic carbocycles. The van der Waals surface area contributed by atoms with Gasteiger partial charge < -0.3 is 0 Å². The monoisotopic (exact) mass is 212 g/mol. The van der Waals surface area contributed by atoms with E-state index in [0.29, 0.717) is 12.0 Å². The summed E-state index contributed by atoms with van der Waals surface area (Å²) in [7, 11) is 0. The third kappa shape index (κ3) is 1.67. The van der Waals surface area contributed by atoms with E-state index in [2.05, 4.69) is 0 Å². The Morgan fingerprint density at radius 1 is 1.21 bits per heavy atom. The van der Waals surface area contributed by atoms with Crippen LogP contribution in [0.5, 0.6) is 0 Å². The second-order valence-corrected chi connectivity index (χ2v) is 3.96. The molecule has 0 atom stereocenters. The molecule has 1 aromatic rings. The van der Waals surface area contributed by atoms with E-state index >= 15 is 0 Å². The summed E-state index contributed by atoms with van der Waals surface area (Å²) in [5.41, 5.74) is 1.41. The van der Waals surface area contributed by atoms with Crippen molar-refractivity contribution in [1.82, 2.24) is 0 Å². The molecule has 0 fully saturated rings. The van der Waals surface area contributed by atoms with Crippen LogP contribution in [0, 0.1) is 5.82 Å². The molecule has 74 valence electrons. The third-order valence-electron chi connectivity index (χ3n) is 2.55. The number of hydrogen-bond donors (Lipinski definition) is 0. The summed E-state index contributed by atoms with van der Waals surface area (Å²) in [6.07, 6.45) is 3.20. The quantitative estimate of drug-likeness (QED) is 0.603. The number of aryl methyl sites for hydroxylation is 1. The van der Waals surface area contributed by atoms with Crippen LogP contribution in [0.1, 0.15) is 35.2 Å². The van der Waals surface area contributed by atoms with E-state index in [0.717, 1.165) is 24.8 Å². The second-order valence-electron chi connectivity index (χ2n) is 3.55. The van der Waals surface area contributed by atoms with E-state index in [1.165, 1.54) is 6.07 Å². The molecule has 0 radical (unpaired) electrons. The van der Waals surface area contributed by atoms with Gasteiger partial charge in [0.25, 0.3) is 0 Å². The molecule has 2 rings (SSSR count). The van der Waals surface area contributed by atoms with E-state index in [1.807, 2.05) is 0 Å². The minimum Gasteiger partial charge on any atom is -0.294 e. The third-order valence-corrected chi connectivity index (χ3v) is 2.84. The maximum Gasteiger partial charge on any atom is 0.163 e. The molecule has 0 aromatic heterocycles. The topological polar surface area (TPSA) is 17.1 Å². The Morgan fingerprint density at radius 2 is 1.93 bits per heavy atom. The van der Waals surface area contributed by atoms with Crippen LogP contribution in [0.25, 0.3) is 0 Å². The van der Waals surface area contributed by atoms with Gasteiger partial charge in [0.05, 0.1) is 5.02 Å². The highest BCUT2D eigenvalue weighted by Gasteiger charge is 2.17. The molecule has 0 spiro atoms. The number of halogens is 2. The van der Waals surface area contributed by atoms with Gasteiger partial charge in [-0.1, -0.05) is 11.6 Å². The van der Waals surface area contributed by atoms with Gasteiger partial charge in [-0.2, -0.15) is 0 Å². The Morgan fingerprint density at radius 3 is 2.71 bits per heavy atom. The number of carbonyl (C=O) groups excluding carboxylic acids is 1. The smallest absolute Gasteiger partial charge is 0.163 e. The Kier molecular flexibility index (Phi) is 2.55. The predicted octanol–water partition coefficient (Wildman–Crippen LogP) is 3.39. The van der Waals surface area contributed by atoms with Crippen LogP contribution in [0.3, 0.4) is 0 Å². The number of hydrogen-bond acceptors (Lipinski definition) is 1. The largest absolute Gasteiger partial charge is 0.294 e. The standard InChI is InChI=1S/C11H10ClFO/c12-9-5-7-3-1-2-4-11(14)8(7)6-10(9)13/h5-6H,1-4H2. The Bertz CT molecular complexity index is 387. The van der Waals surface area contributed by atoms with Crippen molar-refractivity contribution in [1.29, 1.82) is 0 Å². The number of ketones is 1. The zero-order valence-electron chi connectivity index (χ0n) is 7.65. The maximum atomic E-state index is 13.1. The van der Waals surface area contributed by atoms with Gasteiger partial charge in [0, 0.05) is 12.0 Å². The molecule has 1 aliphatic rings. The molecule has 0 unspecified atom stereocenters. The van der Waals surface area contributed by atoms with Crippen molar-refractivity contribution in [3.8, 4) is 0 Å². The van der Waals surface area contributed by atoms with Crippen molar-refractivity contribution in [2.45, 2.75) is 25.7 Å². The van der Waals surface area contributed by atoms with Crippen LogP contribution in [-0.2, 0) is 6.42 Å². The molecule has 14 heavy (non-hydrogen) atoms.